The van der Waals surface area contributed by atoms with Crippen LogP contribution in [0.15, 0.2) is 43.5 Å². The smallest absolute Gasteiger partial charge is 0.410 e. The van der Waals surface area contributed by atoms with Crippen molar-refractivity contribution in [2.24, 2.45) is 5.92 Å². The lowest BCUT2D eigenvalue weighted by atomic mass is 10.1. The van der Waals surface area contributed by atoms with Crippen LogP contribution in [0, 0.1) is 11.7 Å². The minimum Gasteiger partial charge on any atom is -0.444 e. The number of nitrogens with zero attached hydrogens (tertiary/aromatic N) is 3. The summed E-state index contributed by atoms with van der Waals surface area (Å²) in [7, 11) is -3.98. The van der Waals surface area contributed by atoms with Crippen molar-refractivity contribution >= 4 is 45.8 Å². The highest BCUT2D eigenvalue weighted by Crippen LogP contribution is 2.45. The fourth-order valence-corrected chi connectivity index (χ4v) is 8.31. The van der Waals surface area contributed by atoms with Gasteiger partial charge in [0.15, 0.2) is 0 Å². The molecule has 1 saturated heterocycles. The predicted molar refractivity (Wildman–Crippen MR) is 200 cm³/mol. The third-order valence-electron chi connectivity index (χ3n) is 10.2. The number of nitrogens with one attached hydrogen (secondary N) is 3. The van der Waals surface area contributed by atoms with E-state index in [9.17, 15) is 41.6 Å². The first-order valence-corrected chi connectivity index (χ1v) is 20.3. The lowest BCUT2D eigenvalue weighted by Gasteiger charge is -2.32. The van der Waals surface area contributed by atoms with Gasteiger partial charge in [0.05, 0.1) is 24.9 Å². The molecule has 2 aliphatic heterocycles. The molecule has 18 heteroatoms. The summed E-state index contributed by atoms with van der Waals surface area (Å²) in [6.45, 7) is 13.6. The second-order valence-corrected chi connectivity index (χ2v) is 17.7. The fourth-order valence-electron chi connectivity index (χ4n) is 6.95. The van der Waals surface area contributed by atoms with Crippen LogP contribution in [0.25, 0.3) is 0 Å². The van der Waals surface area contributed by atoms with E-state index in [1.165, 1.54) is 28.0 Å². The maximum absolute atomic E-state index is 14.6. The van der Waals surface area contributed by atoms with Gasteiger partial charge in [0, 0.05) is 31.0 Å². The summed E-state index contributed by atoms with van der Waals surface area (Å²) in [6.07, 6.45) is 1.48. The third kappa shape index (κ3) is 9.68. The Bertz CT molecular complexity index is 1880. The Labute approximate surface area is 326 Å². The molecule has 2 heterocycles. The molecule has 1 aromatic rings. The molecule has 5 rings (SSSR count). The molecule has 0 aromatic heterocycles. The number of hydrogen-bond donors (Lipinski definition) is 3. The van der Waals surface area contributed by atoms with Crippen molar-refractivity contribution in [3.05, 3.63) is 60.5 Å². The van der Waals surface area contributed by atoms with E-state index < -0.39 is 92.2 Å². The highest BCUT2D eigenvalue weighted by atomic mass is 32.2. The number of unbranched alkanes of at least 4 members (excludes halogenated alkanes) is 1. The van der Waals surface area contributed by atoms with Crippen molar-refractivity contribution in [3.8, 4) is 0 Å². The lowest BCUT2D eigenvalue weighted by Crippen LogP contribution is -2.60. The average Bonchev–Trinajstić information content (AvgIpc) is 4.02. The number of benzene rings is 1. The first-order chi connectivity index (χ1) is 26.3. The molecule has 56 heavy (non-hydrogen) atoms. The molecule has 16 nitrogen and oxygen atoms in total. The molecular formula is C38H51FN6O10S. The lowest BCUT2D eigenvalue weighted by molar-refractivity contribution is -0.142. The largest absolute Gasteiger partial charge is 0.444 e. The van der Waals surface area contributed by atoms with Crippen LogP contribution in [0.4, 0.5) is 14.0 Å². The van der Waals surface area contributed by atoms with Crippen LogP contribution >= 0.6 is 0 Å². The van der Waals surface area contributed by atoms with Gasteiger partial charge < -0.3 is 29.9 Å². The van der Waals surface area contributed by atoms with Crippen LogP contribution in [0.2, 0.25) is 0 Å². The Hall–Kier alpha value is -5.00. The summed E-state index contributed by atoms with van der Waals surface area (Å²) in [5, 5.41) is 4.50. The van der Waals surface area contributed by atoms with Gasteiger partial charge in [-0.25, -0.2) is 22.4 Å². The predicted octanol–water partition coefficient (Wildman–Crippen LogP) is 2.62. The standard InChI is InChI=1S/C38H51FN6O10S/c1-7-10-16-43(31(46)9-3)22-29(40-35(50)55-37(4,5)6)33(48)45-20-25(54-36(51)44-19-23-12-11-13-28(39)27(23)21-44)17-30(45)32(47)41-38(18-24(38)8-2)34(49)42-56(52,53)26-14-15-26/h8-9,11-13,24-26,29-30H,2-3,7,10,14-22H2,1,4-6H3,(H,40,50)(H,41,47)(H,42,49)/t24-,25-,29+,30?,38-/m1/s1. The number of hydrogen-bond acceptors (Lipinski definition) is 10. The highest BCUT2D eigenvalue weighted by Gasteiger charge is 2.62. The van der Waals surface area contributed by atoms with Crippen LogP contribution in [0.1, 0.15) is 77.3 Å². The summed E-state index contributed by atoms with van der Waals surface area (Å²) < 4.78 is 53.2. The fraction of sp³-hybridized carbons (Fsp3) is 0.579. The molecular weight excluding hydrogens is 752 g/mol. The third-order valence-corrected chi connectivity index (χ3v) is 12.0. The number of halogens is 1. The molecule has 3 fully saturated rings. The van der Waals surface area contributed by atoms with Crippen molar-refractivity contribution in [1.29, 1.82) is 0 Å². The molecule has 1 aromatic carbocycles. The average molecular weight is 803 g/mol. The zero-order valence-corrected chi connectivity index (χ0v) is 33.0. The summed E-state index contributed by atoms with van der Waals surface area (Å²) >= 11 is 0. The van der Waals surface area contributed by atoms with E-state index in [0.29, 0.717) is 36.8 Å². The van der Waals surface area contributed by atoms with E-state index >= 15 is 0 Å². The zero-order chi connectivity index (χ0) is 41.2. The van der Waals surface area contributed by atoms with Gasteiger partial charge in [0.2, 0.25) is 27.7 Å². The molecule has 3 N–H and O–H groups in total. The Morgan fingerprint density at radius 2 is 1.84 bits per heavy atom. The topological polar surface area (TPSA) is 201 Å². The number of amides is 6. The van der Waals surface area contributed by atoms with Gasteiger partial charge >= 0.3 is 12.2 Å². The van der Waals surface area contributed by atoms with Crippen LogP contribution in [0.5, 0.6) is 0 Å². The monoisotopic (exact) mass is 802 g/mol. The van der Waals surface area contributed by atoms with Gasteiger partial charge in [-0.05, 0) is 64.2 Å². The van der Waals surface area contributed by atoms with Gasteiger partial charge in [0.25, 0.3) is 5.91 Å². The Kier molecular flexibility index (Phi) is 12.5. The second kappa shape index (κ2) is 16.6. The van der Waals surface area contributed by atoms with Gasteiger partial charge in [-0.1, -0.05) is 38.1 Å². The number of sulfonamides is 1. The van der Waals surface area contributed by atoms with E-state index in [1.807, 2.05) is 6.92 Å². The summed E-state index contributed by atoms with van der Waals surface area (Å²) in [5.41, 5.74) is -1.69. The zero-order valence-electron chi connectivity index (χ0n) is 32.2. The van der Waals surface area contributed by atoms with Crippen molar-refractivity contribution < 1.29 is 51.0 Å². The molecule has 0 radical (unpaired) electrons. The van der Waals surface area contributed by atoms with Gasteiger partial charge in [-0.3, -0.25) is 28.8 Å². The number of likely N-dealkylation sites (tertiary alicyclic amines) is 1. The SMILES string of the molecule is C=CC(=O)N(CCCC)C[C@H](NC(=O)OC(C)(C)C)C(=O)N1C[C@H](OC(=O)N2Cc3cccc(F)c3C2)CC1C(=O)N[C@]1(C(=O)NS(=O)(=O)C2CC2)C[C@H]1C=C. The maximum atomic E-state index is 14.6. The van der Waals surface area contributed by atoms with Crippen LogP contribution in [0.3, 0.4) is 0 Å². The molecule has 2 saturated carbocycles. The Morgan fingerprint density at radius 3 is 2.43 bits per heavy atom. The minimum absolute atomic E-state index is 0.0400. The molecule has 6 amide bonds. The van der Waals surface area contributed by atoms with E-state index in [-0.39, 0.29) is 45.6 Å². The van der Waals surface area contributed by atoms with Crippen molar-refractivity contribution in [2.45, 2.75) is 114 Å². The highest BCUT2D eigenvalue weighted by molar-refractivity contribution is 7.91. The van der Waals surface area contributed by atoms with Gasteiger partial charge in [-0.15, -0.1) is 6.58 Å². The molecule has 1 unspecified atom stereocenters. The number of ether oxygens (including phenoxy) is 2. The first-order valence-electron chi connectivity index (χ1n) is 18.8. The number of fused-ring (bicyclic) bond motifs is 1. The number of alkyl carbamates (subject to hydrolysis) is 1. The molecule has 2 aliphatic carbocycles. The normalized spacial score (nSPS) is 23.3. The first kappa shape index (κ1) is 42.1. The Morgan fingerprint density at radius 1 is 1.12 bits per heavy atom. The van der Waals surface area contributed by atoms with Gasteiger partial charge in [0.1, 0.15) is 35.1 Å². The summed E-state index contributed by atoms with van der Waals surface area (Å²) in [5.74, 6) is -4.23. The second-order valence-electron chi connectivity index (χ2n) is 15.7. The number of carbonyl (C=O) groups is 6. The Balaban J connectivity index is 1.43. The number of carbonyl (C=O) groups excluding carboxylic acids is 6. The number of rotatable bonds is 15. The molecule has 4 aliphatic rings. The van der Waals surface area contributed by atoms with E-state index in [2.05, 4.69) is 28.5 Å². The van der Waals surface area contributed by atoms with Crippen molar-refractivity contribution in [1.82, 2.24) is 30.1 Å². The van der Waals surface area contributed by atoms with Crippen molar-refractivity contribution in [3.63, 3.8) is 0 Å². The molecule has 0 bridgehead atoms. The molecule has 5 atom stereocenters. The minimum atomic E-state index is -3.98. The molecule has 0 spiro atoms. The molecule has 306 valence electrons. The maximum Gasteiger partial charge on any atom is 0.410 e. The summed E-state index contributed by atoms with van der Waals surface area (Å²) in [6, 6.07) is 1.65. The van der Waals surface area contributed by atoms with Crippen molar-refractivity contribution in [2.75, 3.05) is 19.6 Å². The van der Waals surface area contributed by atoms with E-state index in [1.54, 1.807) is 26.8 Å². The summed E-state index contributed by atoms with van der Waals surface area (Å²) in [4.78, 5) is 85.5. The van der Waals surface area contributed by atoms with Crippen LogP contribution < -0.4 is 15.4 Å². The quantitative estimate of drug-likeness (QED) is 0.175. The van der Waals surface area contributed by atoms with Gasteiger partial charge in [-0.2, -0.15) is 0 Å². The van der Waals surface area contributed by atoms with Crippen LogP contribution in [-0.4, -0.2) is 113 Å². The van der Waals surface area contributed by atoms with E-state index in [4.69, 9.17) is 9.47 Å². The van der Waals surface area contributed by atoms with Crippen LogP contribution in [-0.2, 0) is 51.8 Å². The van der Waals surface area contributed by atoms with E-state index in [0.717, 1.165) is 11.0 Å².